The Bertz CT molecular complexity index is 705. The summed E-state index contributed by atoms with van der Waals surface area (Å²) in [6.45, 7) is 7.49. The van der Waals surface area contributed by atoms with Crippen molar-refractivity contribution in [3.63, 3.8) is 0 Å². The molecule has 0 aromatic carbocycles. The predicted octanol–water partition coefficient (Wildman–Crippen LogP) is -0.0365. The Morgan fingerprint density at radius 1 is 0.882 bits per heavy atom. The molecule has 0 fully saturated rings. The maximum absolute atomic E-state index is 13.0. The third-order valence-electron chi connectivity index (χ3n) is 5.44. The molecule has 34 heavy (non-hydrogen) atoms. The molecule has 0 saturated carbocycles. The molecular weight excluding hydrogens is 462 g/mol. The predicted molar refractivity (Wildman–Crippen MR) is 132 cm³/mol. The third kappa shape index (κ3) is 12.2. The minimum Gasteiger partial charge on any atom is -0.480 e. The van der Waals surface area contributed by atoms with Gasteiger partial charge in [-0.25, -0.2) is 4.79 Å². The van der Waals surface area contributed by atoms with Crippen LogP contribution in [0.25, 0.3) is 0 Å². The van der Waals surface area contributed by atoms with Crippen LogP contribution in [0.15, 0.2) is 0 Å². The van der Waals surface area contributed by atoms with Crippen molar-refractivity contribution in [1.29, 1.82) is 0 Å². The zero-order valence-corrected chi connectivity index (χ0v) is 21.6. The van der Waals surface area contributed by atoms with Gasteiger partial charge in [0.05, 0.1) is 6.04 Å². The molecule has 0 heterocycles. The molecule has 0 aromatic heterocycles. The second-order valence-electron chi connectivity index (χ2n) is 8.85. The van der Waals surface area contributed by atoms with Crippen molar-refractivity contribution >= 4 is 41.4 Å². The molecule has 196 valence electrons. The average molecular weight is 504 g/mol. The zero-order valence-electron chi connectivity index (χ0n) is 20.8. The summed E-state index contributed by atoms with van der Waals surface area (Å²) in [5.41, 5.74) is 11.2. The number of carbonyl (C=O) groups excluding carboxylic acids is 4. The van der Waals surface area contributed by atoms with Crippen molar-refractivity contribution in [2.24, 2.45) is 23.3 Å². The first-order valence-electron chi connectivity index (χ1n) is 11.5. The summed E-state index contributed by atoms with van der Waals surface area (Å²) in [5, 5.41) is 17.0. The summed E-state index contributed by atoms with van der Waals surface area (Å²) in [6, 6.07) is -4.11. The first-order chi connectivity index (χ1) is 15.8. The normalized spacial score (nSPS) is 15.5. The van der Waals surface area contributed by atoms with Crippen molar-refractivity contribution in [3.8, 4) is 0 Å². The van der Waals surface area contributed by atoms with Crippen LogP contribution in [0.1, 0.15) is 59.8 Å². The molecule has 0 rings (SSSR count). The van der Waals surface area contributed by atoms with Crippen molar-refractivity contribution in [1.82, 2.24) is 16.0 Å². The second-order valence-corrected chi connectivity index (χ2v) is 9.83. The first-order valence-corrected chi connectivity index (χ1v) is 12.9. The van der Waals surface area contributed by atoms with Crippen LogP contribution in [0.5, 0.6) is 0 Å². The Balaban J connectivity index is 5.57. The molecule has 12 heteroatoms. The first kappa shape index (κ1) is 31.7. The summed E-state index contributed by atoms with van der Waals surface area (Å²) in [4.78, 5) is 61.2. The molecule has 0 aliphatic rings. The van der Waals surface area contributed by atoms with Crippen LogP contribution in [0.4, 0.5) is 0 Å². The topological polar surface area (TPSA) is 194 Å². The molecule has 0 bridgehead atoms. The Morgan fingerprint density at radius 3 is 1.88 bits per heavy atom. The van der Waals surface area contributed by atoms with Gasteiger partial charge in [0, 0.05) is 6.42 Å². The number of rotatable bonds is 17. The number of carboxylic acid groups (broad SMARTS) is 1. The number of primary amides is 1. The van der Waals surface area contributed by atoms with E-state index in [1.807, 2.05) is 34.0 Å². The minimum absolute atomic E-state index is 0.0386. The Labute approximate surface area is 205 Å². The number of amides is 4. The molecule has 0 spiro atoms. The fraction of sp³-hybridized carbons (Fsp3) is 0.773. The SMILES string of the molecule is CCC(C)C(N)C(=O)NC(CC(C)C)C(=O)NC(CCC(N)=O)C(=O)NC(CCSC)C(=O)O. The van der Waals surface area contributed by atoms with E-state index in [1.54, 1.807) is 0 Å². The number of nitrogens with two attached hydrogens (primary N) is 2. The highest BCUT2D eigenvalue weighted by molar-refractivity contribution is 7.98. The molecule has 0 aliphatic heterocycles. The number of nitrogens with one attached hydrogen (secondary N) is 3. The molecule has 0 radical (unpaired) electrons. The van der Waals surface area contributed by atoms with Gasteiger partial charge in [0.15, 0.2) is 0 Å². The van der Waals surface area contributed by atoms with Crippen LogP contribution < -0.4 is 27.4 Å². The molecule has 0 aromatic rings. The molecule has 5 atom stereocenters. The molecule has 0 saturated heterocycles. The van der Waals surface area contributed by atoms with Gasteiger partial charge >= 0.3 is 5.97 Å². The molecule has 8 N–H and O–H groups in total. The van der Waals surface area contributed by atoms with Gasteiger partial charge in [0.25, 0.3) is 0 Å². The lowest BCUT2D eigenvalue weighted by Crippen LogP contribution is -2.58. The lowest BCUT2D eigenvalue weighted by Gasteiger charge is -2.26. The standard InChI is InChI=1S/C22H41N5O6S/c1-6-13(4)18(24)21(31)27-16(11-12(2)3)20(30)25-14(7-8-17(23)28)19(29)26-15(22(32)33)9-10-34-5/h12-16,18H,6-11,24H2,1-5H3,(H2,23,28)(H,25,30)(H,26,29)(H,27,31)(H,32,33). The van der Waals surface area contributed by atoms with Gasteiger partial charge in [0.2, 0.25) is 23.6 Å². The van der Waals surface area contributed by atoms with E-state index in [1.165, 1.54) is 11.8 Å². The van der Waals surface area contributed by atoms with Crippen LogP contribution in [-0.4, -0.2) is 70.9 Å². The summed E-state index contributed by atoms with van der Waals surface area (Å²) < 4.78 is 0. The van der Waals surface area contributed by atoms with Crippen molar-refractivity contribution in [3.05, 3.63) is 0 Å². The van der Waals surface area contributed by atoms with Gasteiger partial charge in [-0.1, -0.05) is 34.1 Å². The van der Waals surface area contributed by atoms with Crippen LogP contribution >= 0.6 is 11.8 Å². The fourth-order valence-electron chi connectivity index (χ4n) is 3.08. The maximum atomic E-state index is 13.0. The highest BCUT2D eigenvalue weighted by Crippen LogP contribution is 2.10. The lowest BCUT2D eigenvalue weighted by molar-refractivity contribution is -0.142. The lowest BCUT2D eigenvalue weighted by atomic mass is 9.97. The van der Waals surface area contributed by atoms with E-state index in [9.17, 15) is 29.1 Å². The molecule has 0 aliphatic carbocycles. The smallest absolute Gasteiger partial charge is 0.326 e. The van der Waals surface area contributed by atoms with Gasteiger partial charge in [0.1, 0.15) is 18.1 Å². The van der Waals surface area contributed by atoms with Gasteiger partial charge in [-0.3, -0.25) is 19.2 Å². The Morgan fingerprint density at radius 2 is 1.41 bits per heavy atom. The Kier molecular flexibility index (Phi) is 15.2. The van der Waals surface area contributed by atoms with Crippen LogP contribution in [0.3, 0.4) is 0 Å². The third-order valence-corrected chi connectivity index (χ3v) is 6.08. The summed E-state index contributed by atoms with van der Waals surface area (Å²) in [5.74, 6) is -3.26. The van der Waals surface area contributed by atoms with Gasteiger partial charge in [-0.2, -0.15) is 11.8 Å². The van der Waals surface area contributed by atoms with Crippen LogP contribution in [0.2, 0.25) is 0 Å². The van der Waals surface area contributed by atoms with Gasteiger partial charge in [-0.15, -0.1) is 0 Å². The number of aliphatic carboxylic acids is 1. The van der Waals surface area contributed by atoms with E-state index in [-0.39, 0.29) is 31.1 Å². The fourth-order valence-corrected chi connectivity index (χ4v) is 3.55. The molecule has 4 amide bonds. The summed E-state index contributed by atoms with van der Waals surface area (Å²) >= 11 is 1.43. The van der Waals surface area contributed by atoms with Crippen molar-refractivity contribution < 1.29 is 29.1 Å². The highest BCUT2D eigenvalue weighted by Gasteiger charge is 2.31. The van der Waals surface area contributed by atoms with E-state index in [2.05, 4.69) is 16.0 Å². The van der Waals surface area contributed by atoms with E-state index in [4.69, 9.17) is 11.5 Å². The zero-order chi connectivity index (χ0) is 26.4. The number of hydrogen-bond donors (Lipinski definition) is 6. The number of carbonyl (C=O) groups is 5. The largest absolute Gasteiger partial charge is 0.480 e. The van der Waals surface area contributed by atoms with E-state index >= 15 is 0 Å². The molecule has 5 unspecified atom stereocenters. The van der Waals surface area contributed by atoms with Crippen LogP contribution in [-0.2, 0) is 24.0 Å². The van der Waals surface area contributed by atoms with Crippen LogP contribution in [0, 0.1) is 11.8 Å². The maximum Gasteiger partial charge on any atom is 0.326 e. The van der Waals surface area contributed by atoms with E-state index < -0.39 is 53.8 Å². The van der Waals surface area contributed by atoms with Gasteiger partial charge < -0.3 is 32.5 Å². The van der Waals surface area contributed by atoms with E-state index in [0.29, 0.717) is 18.6 Å². The summed E-state index contributed by atoms with van der Waals surface area (Å²) in [6.07, 6.45) is 2.68. The second kappa shape index (κ2) is 16.3. The quantitative estimate of drug-likeness (QED) is 0.159. The van der Waals surface area contributed by atoms with Gasteiger partial charge in [-0.05, 0) is 43.1 Å². The number of carboxylic acids is 1. The minimum atomic E-state index is -1.20. The van der Waals surface area contributed by atoms with Crippen molar-refractivity contribution in [2.45, 2.75) is 84.0 Å². The number of thioether (sulfide) groups is 1. The average Bonchev–Trinajstić information content (AvgIpc) is 2.76. The van der Waals surface area contributed by atoms with Crippen molar-refractivity contribution in [2.75, 3.05) is 12.0 Å². The Hall–Kier alpha value is -2.34. The highest BCUT2D eigenvalue weighted by atomic mass is 32.2. The molecule has 11 nitrogen and oxygen atoms in total. The van der Waals surface area contributed by atoms with E-state index in [0.717, 1.165) is 0 Å². The summed E-state index contributed by atoms with van der Waals surface area (Å²) in [7, 11) is 0. The number of hydrogen-bond acceptors (Lipinski definition) is 7. The monoisotopic (exact) mass is 503 g/mol. The molecular formula is C22H41N5O6S.